The molecule has 0 saturated heterocycles. The van der Waals surface area contributed by atoms with Crippen LogP contribution in [0, 0.1) is 0 Å². The van der Waals surface area contributed by atoms with Crippen LogP contribution in [0.25, 0.3) is 11.0 Å². The van der Waals surface area contributed by atoms with Gasteiger partial charge in [0.05, 0.1) is 24.1 Å². The van der Waals surface area contributed by atoms with E-state index in [0.717, 1.165) is 61.1 Å². The molecule has 1 aromatic carbocycles. The van der Waals surface area contributed by atoms with Crippen molar-refractivity contribution in [3.8, 4) is 0 Å². The van der Waals surface area contributed by atoms with Crippen LogP contribution < -0.4 is 0 Å². The monoisotopic (exact) mass is 308 g/mol. The molecule has 0 amide bonds. The normalized spacial score (nSPS) is 19.0. The lowest BCUT2D eigenvalue weighted by Gasteiger charge is -2.17. The molecule has 0 radical (unpaired) electrons. The minimum Gasteiger partial charge on any atom is -0.341 e. The topological polar surface area (TPSA) is 62.6 Å². The average molecular weight is 308 g/mol. The molecule has 1 saturated carbocycles. The Bertz CT molecular complexity index is 785. The van der Waals surface area contributed by atoms with Gasteiger partial charge in [-0.3, -0.25) is 4.90 Å². The minimum atomic E-state index is 0.640. The van der Waals surface area contributed by atoms with Crippen LogP contribution in [0.4, 0.5) is 0 Å². The van der Waals surface area contributed by atoms with Crippen molar-refractivity contribution in [2.24, 2.45) is 0 Å². The van der Waals surface area contributed by atoms with Crippen LogP contribution >= 0.6 is 0 Å². The molecule has 1 aliphatic carbocycles. The second-order valence-electron chi connectivity index (χ2n) is 6.61. The zero-order valence-corrected chi connectivity index (χ0v) is 13.1. The van der Waals surface area contributed by atoms with Crippen molar-refractivity contribution in [3.63, 3.8) is 0 Å². The highest BCUT2D eigenvalue weighted by atomic mass is 15.4. The maximum Gasteiger partial charge on any atom is 0.154 e. The van der Waals surface area contributed by atoms with Crippen molar-refractivity contribution in [2.75, 3.05) is 13.1 Å². The Kier molecular flexibility index (Phi) is 2.97. The van der Waals surface area contributed by atoms with Gasteiger partial charge in [0.15, 0.2) is 5.82 Å². The first-order valence-electron chi connectivity index (χ1n) is 8.45. The molecule has 3 aromatic rings. The largest absolute Gasteiger partial charge is 0.341 e. The number of imidazole rings is 1. The number of aromatic nitrogens is 5. The SMILES string of the molecule is c1ccc2[nH]c(CN3CCc4nc(C5CC5)nn4CC3)nc2c1. The van der Waals surface area contributed by atoms with Gasteiger partial charge in [-0.15, -0.1) is 0 Å². The van der Waals surface area contributed by atoms with Crippen LogP contribution in [0.2, 0.25) is 0 Å². The molecule has 1 N–H and O–H groups in total. The van der Waals surface area contributed by atoms with E-state index in [4.69, 9.17) is 10.1 Å². The van der Waals surface area contributed by atoms with Crippen LogP contribution in [0.15, 0.2) is 24.3 Å². The van der Waals surface area contributed by atoms with E-state index >= 15 is 0 Å². The third-order valence-corrected chi connectivity index (χ3v) is 4.80. The number of benzene rings is 1. The van der Waals surface area contributed by atoms with E-state index in [1.54, 1.807) is 0 Å². The third kappa shape index (κ3) is 2.53. The Morgan fingerprint density at radius 1 is 1.09 bits per heavy atom. The molecular weight excluding hydrogens is 288 g/mol. The van der Waals surface area contributed by atoms with Gasteiger partial charge in [0.2, 0.25) is 0 Å². The van der Waals surface area contributed by atoms with E-state index in [0.29, 0.717) is 5.92 Å². The number of nitrogens with one attached hydrogen (secondary N) is 1. The Morgan fingerprint density at radius 3 is 2.87 bits per heavy atom. The molecule has 6 nitrogen and oxygen atoms in total. The quantitative estimate of drug-likeness (QED) is 0.805. The van der Waals surface area contributed by atoms with Crippen molar-refractivity contribution in [1.82, 2.24) is 29.6 Å². The first-order valence-corrected chi connectivity index (χ1v) is 8.45. The fourth-order valence-corrected chi connectivity index (χ4v) is 3.33. The molecule has 1 aliphatic heterocycles. The molecule has 2 aromatic heterocycles. The summed E-state index contributed by atoms with van der Waals surface area (Å²) in [6.45, 7) is 3.79. The van der Waals surface area contributed by atoms with Crippen LogP contribution in [0.5, 0.6) is 0 Å². The Morgan fingerprint density at radius 2 is 2.00 bits per heavy atom. The fraction of sp³-hybridized carbons (Fsp3) is 0.471. The average Bonchev–Trinajstić information content (AvgIpc) is 3.25. The van der Waals surface area contributed by atoms with Crippen LogP contribution in [0.3, 0.4) is 0 Å². The molecule has 2 aliphatic rings. The summed E-state index contributed by atoms with van der Waals surface area (Å²) in [5, 5.41) is 4.70. The van der Waals surface area contributed by atoms with E-state index in [1.807, 2.05) is 12.1 Å². The van der Waals surface area contributed by atoms with Gasteiger partial charge in [-0.25, -0.2) is 14.6 Å². The smallest absolute Gasteiger partial charge is 0.154 e. The molecule has 0 spiro atoms. The lowest BCUT2D eigenvalue weighted by molar-refractivity contribution is 0.263. The molecular formula is C17H20N6. The number of rotatable bonds is 3. The summed E-state index contributed by atoms with van der Waals surface area (Å²) in [4.78, 5) is 15.3. The number of para-hydroxylation sites is 2. The zero-order valence-electron chi connectivity index (χ0n) is 13.1. The van der Waals surface area contributed by atoms with Gasteiger partial charge in [0, 0.05) is 25.4 Å². The van der Waals surface area contributed by atoms with Crippen molar-refractivity contribution in [2.45, 2.75) is 38.3 Å². The summed E-state index contributed by atoms with van der Waals surface area (Å²) in [5.74, 6) is 3.91. The maximum atomic E-state index is 4.75. The van der Waals surface area contributed by atoms with Crippen molar-refractivity contribution < 1.29 is 0 Å². The van der Waals surface area contributed by atoms with Gasteiger partial charge in [0.1, 0.15) is 11.6 Å². The summed E-state index contributed by atoms with van der Waals surface area (Å²) in [6.07, 6.45) is 3.50. The summed E-state index contributed by atoms with van der Waals surface area (Å²) in [6, 6.07) is 8.20. The van der Waals surface area contributed by atoms with Crippen molar-refractivity contribution in [3.05, 3.63) is 41.7 Å². The van der Waals surface area contributed by atoms with Crippen molar-refractivity contribution in [1.29, 1.82) is 0 Å². The molecule has 5 rings (SSSR count). The van der Waals surface area contributed by atoms with Gasteiger partial charge in [-0.2, -0.15) is 5.10 Å². The number of aromatic amines is 1. The molecule has 6 heteroatoms. The highest BCUT2D eigenvalue weighted by molar-refractivity contribution is 5.74. The summed E-state index contributed by atoms with van der Waals surface area (Å²) >= 11 is 0. The lowest BCUT2D eigenvalue weighted by atomic mass is 10.3. The molecule has 3 heterocycles. The van der Waals surface area contributed by atoms with Crippen LogP contribution in [-0.2, 0) is 19.5 Å². The van der Waals surface area contributed by atoms with Gasteiger partial charge < -0.3 is 4.98 Å². The number of H-pyrrole nitrogens is 1. The Hall–Kier alpha value is -2.21. The molecule has 23 heavy (non-hydrogen) atoms. The number of hydrogen-bond donors (Lipinski definition) is 1. The zero-order chi connectivity index (χ0) is 15.2. The minimum absolute atomic E-state index is 0.640. The van der Waals surface area contributed by atoms with Crippen LogP contribution in [-0.4, -0.2) is 42.7 Å². The Labute approximate surface area is 134 Å². The second kappa shape index (κ2) is 5.16. The summed E-state index contributed by atoms with van der Waals surface area (Å²) in [7, 11) is 0. The highest BCUT2D eigenvalue weighted by Crippen LogP contribution is 2.38. The van der Waals surface area contributed by atoms with E-state index in [2.05, 4.69) is 31.7 Å². The number of fused-ring (bicyclic) bond motifs is 2. The van der Waals surface area contributed by atoms with Gasteiger partial charge in [0.25, 0.3) is 0 Å². The van der Waals surface area contributed by atoms with Gasteiger partial charge >= 0.3 is 0 Å². The molecule has 1 fully saturated rings. The predicted octanol–water partition coefficient (Wildman–Crippen LogP) is 2.09. The lowest BCUT2D eigenvalue weighted by Crippen LogP contribution is -2.27. The van der Waals surface area contributed by atoms with Crippen molar-refractivity contribution >= 4 is 11.0 Å². The third-order valence-electron chi connectivity index (χ3n) is 4.80. The first-order chi connectivity index (χ1) is 11.3. The highest BCUT2D eigenvalue weighted by Gasteiger charge is 2.29. The Balaban J connectivity index is 1.30. The molecule has 0 unspecified atom stereocenters. The molecule has 0 bridgehead atoms. The van der Waals surface area contributed by atoms with E-state index in [1.165, 1.54) is 12.8 Å². The summed E-state index contributed by atoms with van der Waals surface area (Å²) in [5.41, 5.74) is 2.15. The number of hydrogen-bond acceptors (Lipinski definition) is 4. The standard InChI is InChI=1S/C17H20N6/c1-2-4-14-13(3-1)18-15(19-14)11-22-8-7-16-20-17(12-5-6-12)21-23(16)10-9-22/h1-4,12H,5-11H2,(H,18,19). The van der Waals surface area contributed by atoms with E-state index in [9.17, 15) is 0 Å². The molecule has 0 atom stereocenters. The maximum absolute atomic E-state index is 4.75. The van der Waals surface area contributed by atoms with Crippen LogP contribution in [0.1, 0.15) is 36.2 Å². The molecule has 118 valence electrons. The van der Waals surface area contributed by atoms with E-state index < -0.39 is 0 Å². The van der Waals surface area contributed by atoms with Gasteiger partial charge in [-0.05, 0) is 25.0 Å². The summed E-state index contributed by atoms with van der Waals surface area (Å²) < 4.78 is 2.12. The fourth-order valence-electron chi connectivity index (χ4n) is 3.33. The predicted molar refractivity (Wildman–Crippen MR) is 87.1 cm³/mol. The first kappa shape index (κ1) is 13.2. The van der Waals surface area contributed by atoms with E-state index in [-0.39, 0.29) is 0 Å². The number of nitrogens with zero attached hydrogens (tertiary/aromatic N) is 5. The second-order valence-corrected chi connectivity index (χ2v) is 6.61. The van der Waals surface area contributed by atoms with Gasteiger partial charge in [-0.1, -0.05) is 12.1 Å².